The van der Waals surface area contributed by atoms with Crippen molar-refractivity contribution in [1.82, 2.24) is 24.7 Å². The van der Waals surface area contributed by atoms with Gasteiger partial charge in [-0.15, -0.1) is 0 Å². The number of para-hydroxylation sites is 3. The van der Waals surface area contributed by atoms with E-state index in [9.17, 15) is 24.0 Å². The summed E-state index contributed by atoms with van der Waals surface area (Å²) in [5.41, 5.74) is 9.29. The van der Waals surface area contributed by atoms with Crippen LogP contribution in [0, 0.1) is 0 Å². The van der Waals surface area contributed by atoms with Crippen LogP contribution in [0.3, 0.4) is 0 Å². The summed E-state index contributed by atoms with van der Waals surface area (Å²) in [6.07, 6.45) is 16.4. The summed E-state index contributed by atoms with van der Waals surface area (Å²) in [6, 6.07) is 39.8. The number of benzene rings is 5. The first kappa shape index (κ1) is 67.2. The molecule has 2 N–H and O–H groups in total. The summed E-state index contributed by atoms with van der Waals surface area (Å²) in [5, 5.41) is 8.67. The number of piperazine rings is 1. The Balaban J connectivity index is 0.000000223. The highest BCUT2D eigenvalue weighted by Crippen LogP contribution is 2.24. The lowest BCUT2D eigenvalue weighted by atomic mass is 10.0. The Kier molecular flexibility index (Phi) is 31.8. The summed E-state index contributed by atoms with van der Waals surface area (Å²) in [7, 11) is 2.17. The van der Waals surface area contributed by atoms with E-state index in [4.69, 9.17) is 35.4 Å². The van der Waals surface area contributed by atoms with E-state index in [1.807, 2.05) is 102 Å². The molecule has 2 saturated heterocycles. The van der Waals surface area contributed by atoms with Gasteiger partial charge in [0.25, 0.3) is 0 Å². The predicted octanol–water partition coefficient (Wildman–Crippen LogP) is 13.1. The normalized spacial score (nSPS) is 13.0. The number of hydrogen-bond donors (Lipinski definition) is 2. The summed E-state index contributed by atoms with van der Waals surface area (Å²) >= 11 is 16.9. The predicted molar refractivity (Wildman–Crippen MR) is 339 cm³/mol. The van der Waals surface area contributed by atoms with Gasteiger partial charge in [-0.25, -0.2) is 4.98 Å². The lowest BCUT2D eigenvalue weighted by Crippen LogP contribution is -2.44. The van der Waals surface area contributed by atoms with Crippen LogP contribution < -0.4 is 15.5 Å². The number of nitrogens with one attached hydrogen (secondary N) is 2. The van der Waals surface area contributed by atoms with E-state index in [0.717, 1.165) is 109 Å². The number of aryl methyl sites for hydroxylation is 5. The number of anilines is 2. The standard InChI is InChI=1S/C18H27N3OS.C15H22N2O.C13H14N2O.2C10H11ClO/c1-15(22)9-10-16-7-3-4-8-17(16)20-18(23)19-11-14-21-12-5-2-6-13-21;1-13(18)7-8-14-5-3-4-6-15(14)17-11-9-16(2)10-12-17;1-11(16)6-7-12-4-2-3-5-13(12)15-9-8-14-10-15;1-8(12)2-3-9-4-6-10(11)7-5-9;1-8(12)5-6-9-3-2-4-10(11)7-9/h3-4,7-8H,2,5-6,9-14H2,1H3,(H2,19,20,23);3-6H,7-12H2,1-2H3;2-5,8-10H,6-7H2,1H3;4-7H,2-3H2,1H3;2-4,7H,5-6H2,1H3. The van der Waals surface area contributed by atoms with Crippen molar-refractivity contribution in [3.05, 3.63) is 178 Å². The summed E-state index contributed by atoms with van der Waals surface area (Å²) in [5.74, 6) is 1.14. The van der Waals surface area contributed by atoms with Crippen molar-refractivity contribution in [3.8, 4) is 5.69 Å². The monoisotopic (exact) mass is 1160 g/mol. The maximum atomic E-state index is 11.2. The van der Waals surface area contributed by atoms with Gasteiger partial charge >= 0.3 is 0 Å². The van der Waals surface area contributed by atoms with Crippen molar-refractivity contribution in [2.75, 3.05) is 69.6 Å². The maximum absolute atomic E-state index is 11.2. The molecule has 5 aromatic carbocycles. The summed E-state index contributed by atoms with van der Waals surface area (Å²) in [6.45, 7) is 16.8. The number of carbonyl (C=O) groups is 5. The van der Waals surface area contributed by atoms with Gasteiger partial charge in [-0.3, -0.25) is 0 Å². The third-order valence-corrected chi connectivity index (χ3v) is 14.3. The quantitative estimate of drug-likeness (QED) is 0.0664. The molecule has 434 valence electrons. The summed E-state index contributed by atoms with van der Waals surface area (Å²) < 4.78 is 1.97. The number of ketones is 5. The fourth-order valence-electron chi connectivity index (χ4n) is 8.91. The largest absolute Gasteiger partial charge is 0.369 e. The Morgan fingerprint density at radius 1 is 0.531 bits per heavy atom. The number of likely N-dealkylation sites (N-methyl/N-ethyl adjacent to an activating group) is 1. The highest BCUT2D eigenvalue weighted by Gasteiger charge is 2.17. The lowest BCUT2D eigenvalue weighted by Gasteiger charge is -2.35. The summed E-state index contributed by atoms with van der Waals surface area (Å²) in [4.78, 5) is 65.9. The van der Waals surface area contributed by atoms with Crippen molar-refractivity contribution in [3.63, 3.8) is 0 Å². The van der Waals surface area contributed by atoms with Gasteiger partial charge in [0, 0.05) is 111 Å². The van der Waals surface area contributed by atoms with Gasteiger partial charge in [0.05, 0.1) is 6.33 Å². The number of aromatic nitrogens is 2. The van der Waals surface area contributed by atoms with E-state index in [0.29, 0.717) is 37.2 Å². The zero-order valence-corrected chi connectivity index (χ0v) is 50.9. The van der Waals surface area contributed by atoms with Crippen LogP contribution in [0.15, 0.2) is 140 Å². The van der Waals surface area contributed by atoms with Gasteiger partial charge < -0.3 is 53.9 Å². The van der Waals surface area contributed by atoms with Crippen LogP contribution in [0.4, 0.5) is 11.4 Å². The Morgan fingerprint density at radius 3 is 1.59 bits per heavy atom. The first-order chi connectivity index (χ1) is 38.9. The first-order valence-corrected chi connectivity index (χ1v) is 29.5. The lowest BCUT2D eigenvalue weighted by molar-refractivity contribution is -0.117. The van der Waals surface area contributed by atoms with Crippen LogP contribution in [0.1, 0.15) is 114 Å². The minimum atomic E-state index is 0.210. The zero-order valence-electron chi connectivity index (χ0n) is 48.6. The van der Waals surface area contributed by atoms with E-state index >= 15 is 0 Å². The molecule has 0 amide bonds. The molecule has 2 fully saturated rings. The van der Waals surface area contributed by atoms with E-state index in [-0.39, 0.29) is 28.9 Å². The molecule has 0 radical (unpaired) electrons. The SMILES string of the molecule is CC(=O)CCc1ccc(Cl)cc1.CC(=O)CCc1cccc(Cl)c1.CC(=O)CCc1ccccc1-n1ccnc1.CC(=O)CCc1ccccc1N1CCN(C)CC1.CC(=O)CCc1ccccc1NC(=S)NCCN1CCCCC1. The van der Waals surface area contributed by atoms with Gasteiger partial charge in [0.15, 0.2) is 5.11 Å². The molecule has 0 saturated carbocycles. The molecule has 1 aromatic heterocycles. The molecule has 0 spiro atoms. The molecule has 12 nitrogen and oxygen atoms in total. The molecule has 6 aromatic rings. The van der Waals surface area contributed by atoms with Crippen LogP contribution in [0.2, 0.25) is 10.0 Å². The number of imidazole rings is 1. The molecule has 0 bridgehead atoms. The maximum Gasteiger partial charge on any atom is 0.170 e. The topological polar surface area (TPSA) is 137 Å². The average molecular weight is 1160 g/mol. The molecular weight excluding hydrogens is 1070 g/mol. The fraction of sp³-hybridized carbons (Fsp3) is 0.409. The molecule has 2 aliphatic heterocycles. The van der Waals surface area contributed by atoms with Crippen LogP contribution in [-0.4, -0.2) is 113 Å². The first-order valence-electron chi connectivity index (χ1n) is 28.3. The van der Waals surface area contributed by atoms with Crippen molar-refractivity contribution >= 4 is 80.8 Å². The molecule has 0 unspecified atom stereocenters. The van der Waals surface area contributed by atoms with Crippen LogP contribution in [0.25, 0.3) is 5.69 Å². The molecular formula is C66H85Cl2N7O5S. The van der Waals surface area contributed by atoms with Crippen LogP contribution >= 0.6 is 35.4 Å². The Morgan fingerprint density at radius 2 is 1.04 bits per heavy atom. The molecule has 8 rings (SSSR count). The van der Waals surface area contributed by atoms with E-state index in [1.165, 1.54) is 49.2 Å². The molecule has 3 heterocycles. The zero-order chi connectivity index (χ0) is 58.8. The highest BCUT2D eigenvalue weighted by molar-refractivity contribution is 7.80. The highest BCUT2D eigenvalue weighted by atomic mass is 35.5. The number of carbonyl (C=O) groups excluding carboxylic acids is 5. The second-order valence-corrected chi connectivity index (χ2v) is 22.0. The fourth-order valence-corrected chi connectivity index (χ4v) is 9.46. The van der Waals surface area contributed by atoms with Crippen molar-refractivity contribution in [1.29, 1.82) is 0 Å². The number of rotatable bonds is 21. The Hall–Kier alpha value is -6.35. The number of piperidine rings is 1. The number of nitrogens with zero attached hydrogens (tertiary/aromatic N) is 5. The smallest absolute Gasteiger partial charge is 0.170 e. The minimum absolute atomic E-state index is 0.210. The third-order valence-electron chi connectivity index (χ3n) is 13.6. The second-order valence-electron chi connectivity index (χ2n) is 20.7. The molecule has 0 atom stereocenters. The molecule has 0 aliphatic carbocycles. The van der Waals surface area contributed by atoms with Crippen molar-refractivity contribution in [2.24, 2.45) is 0 Å². The number of likely N-dealkylation sites (tertiary alicyclic amines) is 1. The van der Waals surface area contributed by atoms with E-state index < -0.39 is 0 Å². The molecule has 81 heavy (non-hydrogen) atoms. The number of thiocarbonyl (C=S) groups is 1. The van der Waals surface area contributed by atoms with Crippen molar-refractivity contribution in [2.45, 2.75) is 118 Å². The number of hydrogen-bond acceptors (Lipinski definition) is 10. The second kappa shape index (κ2) is 38.4. The van der Waals surface area contributed by atoms with Crippen LogP contribution in [-0.2, 0) is 56.1 Å². The Bertz CT molecular complexity index is 2850. The van der Waals surface area contributed by atoms with Gasteiger partial charge in [0.1, 0.15) is 28.9 Å². The van der Waals surface area contributed by atoms with Crippen molar-refractivity contribution < 1.29 is 24.0 Å². The van der Waals surface area contributed by atoms with Gasteiger partial charge in [-0.2, -0.15) is 0 Å². The van der Waals surface area contributed by atoms with Gasteiger partial charge in [-0.1, -0.05) is 108 Å². The average Bonchev–Trinajstić information content (AvgIpc) is 4.01. The molecule has 2 aliphatic rings. The van der Waals surface area contributed by atoms with Gasteiger partial charge in [0.2, 0.25) is 0 Å². The van der Waals surface area contributed by atoms with Gasteiger partial charge in [-0.05, 0) is 182 Å². The van der Waals surface area contributed by atoms with Crippen LogP contribution in [0.5, 0.6) is 0 Å². The number of Topliss-reactive ketones (excluding diaryl/α,β-unsaturated/α-hetero) is 5. The van der Waals surface area contributed by atoms with E-state index in [1.54, 1.807) is 47.1 Å². The minimum Gasteiger partial charge on any atom is -0.369 e. The van der Waals surface area contributed by atoms with E-state index in [2.05, 4.69) is 67.7 Å². The number of halogens is 2. The Labute approximate surface area is 498 Å². The molecule has 15 heteroatoms. The third kappa shape index (κ3) is 28.8.